The third-order valence-corrected chi connectivity index (χ3v) is 5.43. The maximum atomic E-state index is 12.6. The summed E-state index contributed by atoms with van der Waals surface area (Å²) < 4.78 is 0. The smallest absolute Gasteiger partial charge is 0.227 e. The average Bonchev–Trinajstić information content (AvgIpc) is 2.97. The first-order chi connectivity index (χ1) is 11.0. The Bertz CT molecular complexity index is 564. The maximum absolute atomic E-state index is 12.6. The van der Waals surface area contributed by atoms with E-state index in [1.807, 2.05) is 4.90 Å². The summed E-state index contributed by atoms with van der Waals surface area (Å²) in [6.07, 6.45) is 3.47. The molecule has 1 aromatic rings. The second-order valence-corrected chi connectivity index (χ2v) is 7.09. The van der Waals surface area contributed by atoms with Crippen molar-refractivity contribution in [3.05, 3.63) is 34.9 Å². The minimum Gasteiger partial charge on any atom is -0.391 e. The lowest BCUT2D eigenvalue weighted by molar-refractivity contribution is -0.132. The van der Waals surface area contributed by atoms with Crippen LogP contribution in [0.4, 0.5) is 0 Å². The molecule has 126 valence electrons. The van der Waals surface area contributed by atoms with E-state index in [0.717, 1.165) is 51.0 Å². The normalized spacial score (nSPS) is 25.8. The number of hydrogen-bond acceptors (Lipinski definition) is 3. The van der Waals surface area contributed by atoms with Crippen molar-refractivity contribution in [3.63, 3.8) is 0 Å². The number of benzene rings is 1. The molecule has 2 fully saturated rings. The van der Waals surface area contributed by atoms with Gasteiger partial charge in [0.25, 0.3) is 0 Å². The van der Waals surface area contributed by atoms with Crippen LogP contribution in [0.15, 0.2) is 18.2 Å². The third-order valence-electron chi connectivity index (χ3n) is 5.43. The van der Waals surface area contributed by atoms with E-state index in [-0.39, 0.29) is 12.0 Å². The van der Waals surface area contributed by atoms with Gasteiger partial charge in [0, 0.05) is 32.2 Å². The fourth-order valence-corrected chi connectivity index (χ4v) is 3.92. The van der Waals surface area contributed by atoms with Crippen molar-refractivity contribution in [1.29, 1.82) is 0 Å². The number of carbonyl (C=O) groups is 1. The van der Waals surface area contributed by atoms with Gasteiger partial charge < -0.3 is 10.0 Å². The van der Waals surface area contributed by atoms with Gasteiger partial charge in [0.15, 0.2) is 0 Å². The van der Waals surface area contributed by atoms with Gasteiger partial charge in [-0.25, -0.2) is 0 Å². The van der Waals surface area contributed by atoms with Crippen LogP contribution in [0.25, 0.3) is 0 Å². The Morgan fingerprint density at radius 1 is 1.17 bits per heavy atom. The fraction of sp³-hybridized carbons (Fsp3) is 0.632. The highest BCUT2D eigenvalue weighted by Crippen LogP contribution is 2.25. The van der Waals surface area contributed by atoms with Crippen LogP contribution >= 0.6 is 0 Å². The quantitative estimate of drug-likeness (QED) is 0.926. The summed E-state index contributed by atoms with van der Waals surface area (Å²) in [6, 6.07) is 6.62. The highest BCUT2D eigenvalue weighted by Gasteiger charge is 2.33. The number of amides is 1. The summed E-state index contributed by atoms with van der Waals surface area (Å²) in [4.78, 5) is 16.9. The van der Waals surface area contributed by atoms with Crippen LogP contribution in [0.2, 0.25) is 0 Å². The molecule has 2 unspecified atom stereocenters. The topological polar surface area (TPSA) is 43.8 Å². The Morgan fingerprint density at radius 3 is 2.57 bits per heavy atom. The molecule has 3 rings (SSSR count). The summed E-state index contributed by atoms with van der Waals surface area (Å²) in [7, 11) is 0. The second kappa shape index (κ2) is 7.02. The fourth-order valence-electron chi connectivity index (χ4n) is 3.92. The van der Waals surface area contributed by atoms with Crippen molar-refractivity contribution in [1.82, 2.24) is 9.80 Å². The van der Waals surface area contributed by atoms with Gasteiger partial charge in [0.05, 0.1) is 12.5 Å². The lowest BCUT2D eigenvalue weighted by atomic mass is 10.0. The highest BCUT2D eigenvalue weighted by atomic mass is 16.3. The van der Waals surface area contributed by atoms with Gasteiger partial charge in [-0.1, -0.05) is 23.8 Å². The Kier molecular flexibility index (Phi) is 5.02. The Morgan fingerprint density at radius 2 is 1.91 bits per heavy atom. The van der Waals surface area contributed by atoms with Crippen molar-refractivity contribution in [2.75, 3.05) is 26.2 Å². The van der Waals surface area contributed by atoms with Gasteiger partial charge in [-0.3, -0.25) is 9.69 Å². The van der Waals surface area contributed by atoms with Crippen molar-refractivity contribution in [3.8, 4) is 0 Å². The van der Waals surface area contributed by atoms with Gasteiger partial charge in [-0.15, -0.1) is 0 Å². The first-order valence-corrected chi connectivity index (χ1v) is 8.80. The molecule has 1 heterocycles. The maximum Gasteiger partial charge on any atom is 0.227 e. The molecule has 0 spiro atoms. The Labute approximate surface area is 139 Å². The van der Waals surface area contributed by atoms with E-state index in [9.17, 15) is 9.90 Å². The van der Waals surface area contributed by atoms with Crippen LogP contribution < -0.4 is 0 Å². The number of hydrogen-bond donors (Lipinski definition) is 1. The number of piperazine rings is 1. The molecule has 1 aliphatic heterocycles. The van der Waals surface area contributed by atoms with Crippen LogP contribution in [0, 0.1) is 13.8 Å². The van der Waals surface area contributed by atoms with Crippen molar-refractivity contribution < 1.29 is 9.90 Å². The molecule has 0 bridgehead atoms. The van der Waals surface area contributed by atoms with Crippen molar-refractivity contribution in [2.45, 2.75) is 51.7 Å². The molecule has 4 heteroatoms. The summed E-state index contributed by atoms with van der Waals surface area (Å²) in [6.45, 7) is 7.49. The van der Waals surface area contributed by atoms with Crippen LogP contribution in [0.3, 0.4) is 0 Å². The zero-order valence-electron chi connectivity index (χ0n) is 14.3. The summed E-state index contributed by atoms with van der Waals surface area (Å²) >= 11 is 0. The SMILES string of the molecule is Cc1ccc(C)c(CC(=O)N2CCN(C3CCCC3O)CC2)c1. The van der Waals surface area contributed by atoms with Crippen LogP contribution in [0.5, 0.6) is 0 Å². The van der Waals surface area contributed by atoms with E-state index in [1.54, 1.807) is 0 Å². The van der Waals surface area contributed by atoms with E-state index in [4.69, 9.17) is 0 Å². The lowest BCUT2D eigenvalue weighted by Crippen LogP contribution is -2.53. The van der Waals surface area contributed by atoms with Crippen molar-refractivity contribution >= 4 is 5.91 Å². The standard InChI is InChI=1S/C19H28N2O2/c1-14-6-7-15(2)16(12-14)13-19(23)21-10-8-20(9-11-21)17-4-3-5-18(17)22/h6-7,12,17-18,22H,3-5,8-11,13H2,1-2H3. The van der Waals surface area contributed by atoms with E-state index >= 15 is 0 Å². The monoisotopic (exact) mass is 316 g/mol. The predicted molar refractivity (Wildman–Crippen MR) is 91.4 cm³/mol. The molecule has 1 amide bonds. The first-order valence-electron chi connectivity index (χ1n) is 8.80. The Balaban J connectivity index is 1.55. The Hall–Kier alpha value is -1.39. The van der Waals surface area contributed by atoms with Crippen molar-refractivity contribution in [2.24, 2.45) is 0 Å². The number of aliphatic hydroxyl groups is 1. The van der Waals surface area contributed by atoms with Crippen LogP contribution in [-0.2, 0) is 11.2 Å². The third kappa shape index (κ3) is 3.75. The molecule has 2 atom stereocenters. The van der Waals surface area contributed by atoms with Crippen LogP contribution in [0.1, 0.15) is 36.0 Å². The molecular formula is C19H28N2O2. The van der Waals surface area contributed by atoms with E-state index < -0.39 is 0 Å². The van der Waals surface area contributed by atoms with Crippen LogP contribution in [-0.4, -0.2) is 59.1 Å². The van der Waals surface area contributed by atoms with Gasteiger partial charge in [-0.2, -0.15) is 0 Å². The molecule has 0 aromatic heterocycles. The lowest BCUT2D eigenvalue weighted by Gasteiger charge is -2.39. The van der Waals surface area contributed by atoms with E-state index in [2.05, 4.69) is 36.9 Å². The molecule has 1 aliphatic carbocycles. The zero-order valence-corrected chi connectivity index (χ0v) is 14.3. The van der Waals surface area contributed by atoms with Gasteiger partial charge in [0.2, 0.25) is 5.91 Å². The van der Waals surface area contributed by atoms with E-state index in [0.29, 0.717) is 12.5 Å². The largest absolute Gasteiger partial charge is 0.391 e. The summed E-state index contributed by atoms with van der Waals surface area (Å²) in [5, 5.41) is 10.0. The summed E-state index contributed by atoms with van der Waals surface area (Å²) in [5.74, 6) is 0.227. The molecular weight excluding hydrogens is 288 g/mol. The van der Waals surface area contributed by atoms with E-state index in [1.165, 1.54) is 11.1 Å². The molecule has 1 aromatic carbocycles. The van der Waals surface area contributed by atoms with Gasteiger partial charge in [-0.05, 0) is 44.2 Å². The first kappa shape index (κ1) is 16.5. The number of carbonyl (C=O) groups excluding carboxylic acids is 1. The highest BCUT2D eigenvalue weighted by molar-refractivity contribution is 5.79. The number of rotatable bonds is 3. The second-order valence-electron chi connectivity index (χ2n) is 7.09. The minimum atomic E-state index is -0.174. The summed E-state index contributed by atoms with van der Waals surface area (Å²) in [5.41, 5.74) is 3.54. The molecule has 4 nitrogen and oxygen atoms in total. The van der Waals surface area contributed by atoms with Gasteiger partial charge >= 0.3 is 0 Å². The number of nitrogens with zero attached hydrogens (tertiary/aromatic N) is 2. The molecule has 1 saturated carbocycles. The van der Waals surface area contributed by atoms with Gasteiger partial charge in [0.1, 0.15) is 0 Å². The number of aliphatic hydroxyl groups excluding tert-OH is 1. The average molecular weight is 316 g/mol. The molecule has 2 aliphatic rings. The minimum absolute atomic E-state index is 0.174. The molecule has 1 N–H and O–H groups in total. The molecule has 0 radical (unpaired) electrons. The molecule has 23 heavy (non-hydrogen) atoms. The molecule has 1 saturated heterocycles. The zero-order chi connectivity index (χ0) is 16.4. The number of aryl methyl sites for hydroxylation is 2. The predicted octanol–water partition coefficient (Wildman–Crippen LogP) is 1.90.